The molecular formula is C24H16O9. The van der Waals surface area contributed by atoms with Crippen molar-refractivity contribution in [3.05, 3.63) is 69.9 Å². The van der Waals surface area contributed by atoms with E-state index in [1.807, 2.05) is 0 Å². The van der Waals surface area contributed by atoms with E-state index in [2.05, 4.69) is 0 Å². The van der Waals surface area contributed by atoms with E-state index in [1.54, 1.807) is 12.1 Å². The highest BCUT2D eigenvalue weighted by Crippen LogP contribution is 2.47. The lowest BCUT2D eigenvalue weighted by atomic mass is 9.85. The van der Waals surface area contributed by atoms with Crippen LogP contribution in [0.25, 0.3) is 22.3 Å². The van der Waals surface area contributed by atoms with Crippen molar-refractivity contribution in [2.75, 3.05) is 0 Å². The topological polar surface area (TPSA) is 158 Å². The largest absolute Gasteiger partial charge is 0.508 e. The van der Waals surface area contributed by atoms with E-state index < -0.39 is 40.3 Å². The Morgan fingerprint density at radius 3 is 2.24 bits per heavy atom. The van der Waals surface area contributed by atoms with E-state index in [0.717, 1.165) is 18.2 Å². The molecular weight excluding hydrogens is 432 g/mol. The van der Waals surface area contributed by atoms with Gasteiger partial charge in [0, 0.05) is 23.1 Å². The summed E-state index contributed by atoms with van der Waals surface area (Å²) in [4.78, 5) is 25.3. The van der Waals surface area contributed by atoms with Gasteiger partial charge in [0.1, 0.15) is 28.2 Å². The van der Waals surface area contributed by atoms with Gasteiger partial charge in [-0.1, -0.05) is 12.1 Å². The zero-order valence-corrected chi connectivity index (χ0v) is 16.8. The van der Waals surface area contributed by atoms with Gasteiger partial charge in [-0.25, -0.2) is 0 Å². The number of esters is 1. The predicted octanol–water partition coefficient (Wildman–Crippen LogP) is 3.43. The van der Waals surface area contributed by atoms with Crippen molar-refractivity contribution >= 4 is 16.9 Å². The number of carbonyl (C=O) groups excluding carboxylic acids is 1. The van der Waals surface area contributed by atoms with Crippen LogP contribution in [0.3, 0.4) is 0 Å². The van der Waals surface area contributed by atoms with Crippen molar-refractivity contribution in [1.29, 1.82) is 0 Å². The molecule has 1 unspecified atom stereocenters. The van der Waals surface area contributed by atoms with Gasteiger partial charge in [-0.05, 0) is 35.9 Å². The minimum Gasteiger partial charge on any atom is -0.508 e. The van der Waals surface area contributed by atoms with Crippen LogP contribution in [0.1, 0.15) is 23.5 Å². The van der Waals surface area contributed by atoms with Crippen molar-refractivity contribution in [3.8, 4) is 45.8 Å². The third-order valence-electron chi connectivity index (χ3n) is 5.60. The fourth-order valence-corrected chi connectivity index (χ4v) is 4.03. The van der Waals surface area contributed by atoms with E-state index in [-0.39, 0.29) is 40.2 Å². The van der Waals surface area contributed by atoms with Gasteiger partial charge in [-0.15, -0.1) is 0 Å². The highest BCUT2D eigenvalue weighted by atomic mass is 16.5. The molecule has 0 spiro atoms. The van der Waals surface area contributed by atoms with Gasteiger partial charge in [0.2, 0.25) is 11.2 Å². The molecule has 33 heavy (non-hydrogen) atoms. The molecule has 0 bridgehead atoms. The Labute approximate surface area is 185 Å². The van der Waals surface area contributed by atoms with Crippen LogP contribution in [0.15, 0.2) is 57.7 Å². The van der Waals surface area contributed by atoms with Gasteiger partial charge >= 0.3 is 5.97 Å². The summed E-state index contributed by atoms with van der Waals surface area (Å²) in [5.74, 6) is -3.76. The molecule has 0 aliphatic carbocycles. The SMILES string of the molecule is O=C1CC(c2ccc(O)cc2)c2c(cc(O)c3c(=O)c(O)c(-c4ccc(O)c(O)c4)oc23)O1. The molecule has 0 radical (unpaired) electrons. The first-order valence-electron chi connectivity index (χ1n) is 9.82. The summed E-state index contributed by atoms with van der Waals surface area (Å²) < 4.78 is 11.2. The molecule has 166 valence electrons. The van der Waals surface area contributed by atoms with Crippen LogP contribution >= 0.6 is 0 Å². The molecule has 1 aromatic heterocycles. The van der Waals surface area contributed by atoms with E-state index in [9.17, 15) is 35.1 Å². The van der Waals surface area contributed by atoms with Crippen molar-refractivity contribution in [2.24, 2.45) is 0 Å². The summed E-state index contributed by atoms with van der Waals surface area (Å²) in [7, 11) is 0. The molecule has 3 aromatic carbocycles. The Morgan fingerprint density at radius 2 is 1.55 bits per heavy atom. The maximum atomic E-state index is 13.0. The Kier molecular flexibility index (Phi) is 4.42. The standard InChI is InChI=1S/C24H16O9/c25-12-4-1-10(2-5-12)13-8-18(29)32-17-9-16(28)20-21(30)22(31)23(33-24(20)19(13)17)11-3-6-14(26)15(27)7-11/h1-7,9,13,25-28,31H,8H2. The second kappa shape index (κ2) is 7.20. The average Bonchev–Trinajstić information content (AvgIpc) is 2.77. The lowest BCUT2D eigenvalue weighted by Gasteiger charge is -2.26. The van der Waals surface area contributed by atoms with E-state index in [1.165, 1.54) is 18.2 Å². The number of benzene rings is 3. The van der Waals surface area contributed by atoms with Crippen LogP contribution in [-0.4, -0.2) is 31.5 Å². The summed E-state index contributed by atoms with van der Waals surface area (Å²) in [6, 6.07) is 10.8. The molecule has 4 aromatic rings. The van der Waals surface area contributed by atoms with Crippen LogP contribution in [0.2, 0.25) is 0 Å². The highest BCUT2D eigenvalue weighted by Gasteiger charge is 2.34. The quantitative estimate of drug-likeness (QED) is 0.176. The van der Waals surface area contributed by atoms with Crippen molar-refractivity contribution < 1.29 is 39.5 Å². The molecule has 0 saturated heterocycles. The summed E-state index contributed by atoms with van der Waals surface area (Å²) in [6.45, 7) is 0. The lowest BCUT2D eigenvalue weighted by Crippen LogP contribution is -2.22. The summed E-state index contributed by atoms with van der Waals surface area (Å²) >= 11 is 0. The monoisotopic (exact) mass is 448 g/mol. The lowest BCUT2D eigenvalue weighted by molar-refractivity contribution is -0.135. The molecule has 1 atom stereocenters. The zero-order chi connectivity index (χ0) is 23.4. The Balaban J connectivity index is 1.85. The molecule has 5 rings (SSSR count). The Bertz CT molecular complexity index is 1500. The number of rotatable bonds is 2. The summed E-state index contributed by atoms with van der Waals surface area (Å²) in [5.41, 5.74) is -0.0269. The Hall–Kier alpha value is -4.66. The summed E-state index contributed by atoms with van der Waals surface area (Å²) in [6.07, 6.45) is -0.0996. The number of phenolic OH excluding ortho intramolecular Hbond substituents is 4. The molecule has 0 saturated carbocycles. The van der Waals surface area contributed by atoms with Gasteiger partial charge in [-0.2, -0.15) is 0 Å². The second-order valence-electron chi connectivity index (χ2n) is 7.65. The number of hydrogen-bond donors (Lipinski definition) is 5. The Morgan fingerprint density at radius 1 is 0.818 bits per heavy atom. The number of carbonyl (C=O) groups is 1. The van der Waals surface area contributed by atoms with Crippen molar-refractivity contribution in [1.82, 2.24) is 0 Å². The second-order valence-corrected chi connectivity index (χ2v) is 7.65. The van der Waals surface area contributed by atoms with Crippen LogP contribution in [0.5, 0.6) is 34.5 Å². The first kappa shape index (κ1) is 20.3. The molecule has 1 aliphatic rings. The fourth-order valence-electron chi connectivity index (χ4n) is 4.03. The normalized spacial score (nSPS) is 15.3. The smallest absolute Gasteiger partial charge is 0.312 e. The first-order chi connectivity index (χ1) is 15.7. The number of aromatic hydroxyl groups is 5. The van der Waals surface area contributed by atoms with Crippen molar-refractivity contribution in [3.63, 3.8) is 0 Å². The molecule has 2 heterocycles. The first-order valence-corrected chi connectivity index (χ1v) is 9.82. The molecule has 9 nitrogen and oxygen atoms in total. The van der Waals surface area contributed by atoms with Crippen molar-refractivity contribution in [2.45, 2.75) is 12.3 Å². The van der Waals surface area contributed by atoms with E-state index >= 15 is 0 Å². The van der Waals surface area contributed by atoms with Gasteiger partial charge < -0.3 is 34.7 Å². The van der Waals surface area contributed by atoms with Crippen LogP contribution < -0.4 is 10.2 Å². The van der Waals surface area contributed by atoms with Gasteiger partial charge in [0.15, 0.2) is 17.3 Å². The van der Waals surface area contributed by atoms with Gasteiger partial charge in [0.05, 0.1) is 6.42 Å². The van der Waals surface area contributed by atoms with E-state index in [0.29, 0.717) is 11.1 Å². The molecule has 0 amide bonds. The number of ether oxygens (including phenoxy) is 1. The third-order valence-corrected chi connectivity index (χ3v) is 5.60. The van der Waals surface area contributed by atoms with E-state index in [4.69, 9.17) is 9.15 Å². The van der Waals surface area contributed by atoms with Gasteiger partial charge in [-0.3, -0.25) is 9.59 Å². The van der Waals surface area contributed by atoms with Crippen LogP contribution in [-0.2, 0) is 4.79 Å². The minimum atomic E-state index is -0.930. The molecule has 0 fully saturated rings. The minimum absolute atomic E-state index is 0.0114. The third kappa shape index (κ3) is 3.18. The zero-order valence-electron chi connectivity index (χ0n) is 16.8. The number of hydrogen-bond acceptors (Lipinski definition) is 9. The summed E-state index contributed by atoms with van der Waals surface area (Å²) in [5, 5.41) is 49.8. The van der Waals surface area contributed by atoms with Crippen LogP contribution in [0.4, 0.5) is 0 Å². The molecule has 1 aliphatic heterocycles. The predicted molar refractivity (Wildman–Crippen MR) is 115 cm³/mol. The fraction of sp³-hybridized carbons (Fsp3) is 0.0833. The highest BCUT2D eigenvalue weighted by molar-refractivity contribution is 5.94. The van der Waals surface area contributed by atoms with Crippen LogP contribution in [0, 0.1) is 0 Å². The average molecular weight is 448 g/mol. The van der Waals surface area contributed by atoms with Gasteiger partial charge in [0.25, 0.3) is 0 Å². The number of phenols is 4. The number of fused-ring (bicyclic) bond motifs is 3. The molecule has 5 N–H and O–H groups in total. The molecule has 9 heteroatoms. The maximum Gasteiger partial charge on any atom is 0.312 e. The maximum absolute atomic E-state index is 13.0.